The van der Waals surface area contributed by atoms with E-state index in [0.29, 0.717) is 34.6 Å². The summed E-state index contributed by atoms with van der Waals surface area (Å²) in [4.78, 5) is 16.5. The molecule has 0 aliphatic carbocycles. The van der Waals surface area contributed by atoms with Crippen LogP contribution in [0.1, 0.15) is 12.8 Å². The number of benzene rings is 2. The lowest BCUT2D eigenvalue weighted by Gasteiger charge is -2.06. The number of carbonyl (C=O) groups is 1. The molecule has 0 atom stereocenters. The Morgan fingerprint density at radius 1 is 1.12 bits per heavy atom. The largest absolute Gasteiger partial charge is 0.494 e. The zero-order valence-electron chi connectivity index (χ0n) is 13.7. The van der Waals surface area contributed by atoms with Crippen LogP contribution in [0.25, 0.3) is 11.3 Å². The molecule has 0 saturated carbocycles. The predicted molar refractivity (Wildman–Crippen MR) is 107 cm³/mol. The number of nitrogens with zero attached hydrogens (tertiary/aromatic N) is 1. The van der Waals surface area contributed by atoms with E-state index < -0.39 is 0 Å². The van der Waals surface area contributed by atoms with Crippen LogP contribution in [0.2, 0.25) is 10.0 Å². The summed E-state index contributed by atoms with van der Waals surface area (Å²) in [5, 5.41) is 6.54. The van der Waals surface area contributed by atoms with Crippen LogP contribution < -0.4 is 10.1 Å². The molecule has 7 heteroatoms. The average Bonchev–Trinajstić information content (AvgIpc) is 3.09. The Kier molecular flexibility index (Phi) is 6.50. The molecular weight excluding hydrogens is 391 g/mol. The van der Waals surface area contributed by atoms with Gasteiger partial charge in [-0.25, -0.2) is 4.98 Å². The van der Waals surface area contributed by atoms with Gasteiger partial charge in [0.15, 0.2) is 5.13 Å². The number of thiazole rings is 1. The number of carbonyl (C=O) groups excluding carboxylic acids is 1. The lowest BCUT2D eigenvalue weighted by molar-refractivity contribution is -0.116. The first kappa shape index (κ1) is 18.7. The Labute approximate surface area is 165 Å². The summed E-state index contributed by atoms with van der Waals surface area (Å²) >= 11 is 13.4. The first-order chi connectivity index (χ1) is 12.6. The third-order valence-electron chi connectivity index (χ3n) is 3.53. The van der Waals surface area contributed by atoms with Crippen molar-refractivity contribution in [3.05, 3.63) is 64.0 Å². The smallest absolute Gasteiger partial charge is 0.226 e. The van der Waals surface area contributed by atoms with Gasteiger partial charge in [-0.15, -0.1) is 11.3 Å². The normalized spacial score (nSPS) is 10.5. The van der Waals surface area contributed by atoms with Gasteiger partial charge in [0.1, 0.15) is 5.75 Å². The van der Waals surface area contributed by atoms with E-state index >= 15 is 0 Å². The topological polar surface area (TPSA) is 51.2 Å². The molecule has 3 rings (SSSR count). The number of hydrogen-bond acceptors (Lipinski definition) is 4. The van der Waals surface area contributed by atoms with E-state index in [9.17, 15) is 4.79 Å². The fourth-order valence-corrected chi connectivity index (χ4v) is 3.34. The molecule has 0 aliphatic rings. The van der Waals surface area contributed by atoms with Crippen LogP contribution in [0.3, 0.4) is 0 Å². The molecule has 0 unspecified atom stereocenters. The van der Waals surface area contributed by atoms with Crippen molar-refractivity contribution in [2.24, 2.45) is 0 Å². The molecular formula is C19H16Cl2N2O2S. The third kappa shape index (κ3) is 5.21. The fraction of sp³-hybridized carbons (Fsp3) is 0.158. The molecule has 3 aromatic rings. The van der Waals surface area contributed by atoms with Gasteiger partial charge in [0.05, 0.1) is 12.3 Å². The summed E-state index contributed by atoms with van der Waals surface area (Å²) in [6.45, 7) is 0.456. The zero-order valence-corrected chi connectivity index (χ0v) is 16.1. The Bertz CT molecular complexity index is 881. The molecule has 0 saturated heterocycles. The molecule has 0 fully saturated rings. The highest BCUT2D eigenvalue weighted by atomic mass is 35.5. The van der Waals surface area contributed by atoms with Crippen molar-refractivity contribution >= 4 is 45.6 Å². The van der Waals surface area contributed by atoms with E-state index in [-0.39, 0.29) is 5.91 Å². The van der Waals surface area contributed by atoms with Gasteiger partial charge in [0.25, 0.3) is 0 Å². The highest BCUT2D eigenvalue weighted by Crippen LogP contribution is 2.30. The number of nitrogens with one attached hydrogen (secondary N) is 1. The average molecular weight is 407 g/mol. The summed E-state index contributed by atoms with van der Waals surface area (Å²) in [7, 11) is 0. The molecule has 0 bridgehead atoms. The number of hydrogen-bond donors (Lipinski definition) is 1. The van der Waals surface area contributed by atoms with Gasteiger partial charge < -0.3 is 10.1 Å². The van der Waals surface area contributed by atoms with Crippen molar-refractivity contribution < 1.29 is 9.53 Å². The van der Waals surface area contributed by atoms with Gasteiger partial charge in [0, 0.05) is 27.4 Å². The van der Waals surface area contributed by atoms with Crippen molar-refractivity contribution in [3.63, 3.8) is 0 Å². The lowest BCUT2D eigenvalue weighted by atomic mass is 10.2. The van der Waals surface area contributed by atoms with Gasteiger partial charge in [-0.05, 0) is 36.8 Å². The van der Waals surface area contributed by atoms with E-state index in [0.717, 1.165) is 17.0 Å². The Morgan fingerprint density at radius 3 is 2.65 bits per heavy atom. The van der Waals surface area contributed by atoms with Crippen LogP contribution in [0.4, 0.5) is 5.13 Å². The van der Waals surface area contributed by atoms with Crippen molar-refractivity contribution in [3.8, 4) is 17.0 Å². The molecule has 0 radical (unpaired) electrons. The number of halogens is 2. The minimum Gasteiger partial charge on any atom is -0.494 e. The van der Waals surface area contributed by atoms with Gasteiger partial charge in [0.2, 0.25) is 5.91 Å². The van der Waals surface area contributed by atoms with E-state index in [1.54, 1.807) is 24.3 Å². The second-order valence-electron chi connectivity index (χ2n) is 5.47. The zero-order chi connectivity index (χ0) is 18.4. The van der Waals surface area contributed by atoms with Gasteiger partial charge in [-0.2, -0.15) is 0 Å². The molecule has 1 heterocycles. The molecule has 1 N–H and O–H groups in total. The van der Waals surface area contributed by atoms with E-state index in [1.807, 2.05) is 29.6 Å². The van der Waals surface area contributed by atoms with Crippen LogP contribution in [-0.2, 0) is 4.79 Å². The SMILES string of the molecule is O=C(CCCOc1ccc(Cl)cc1)Nc1nc(-c2ccccc2Cl)cs1. The first-order valence-electron chi connectivity index (χ1n) is 8.00. The number of amides is 1. The van der Waals surface area contributed by atoms with Crippen LogP contribution in [0, 0.1) is 0 Å². The summed E-state index contributed by atoms with van der Waals surface area (Å²) < 4.78 is 5.57. The van der Waals surface area contributed by atoms with E-state index in [1.165, 1.54) is 11.3 Å². The van der Waals surface area contributed by atoms with Crippen LogP contribution in [0.15, 0.2) is 53.9 Å². The number of ether oxygens (including phenoxy) is 1. The van der Waals surface area contributed by atoms with E-state index in [2.05, 4.69) is 10.3 Å². The maximum atomic E-state index is 12.0. The molecule has 4 nitrogen and oxygen atoms in total. The van der Waals surface area contributed by atoms with Crippen molar-refractivity contribution in [1.82, 2.24) is 4.98 Å². The second kappa shape index (κ2) is 9.03. The van der Waals surface area contributed by atoms with Crippen molar-refractivity contribution in [2.45, 2.75) is 12.8 Å². The van der Waals surface area contributed by atoms with Gasteiger partial charge in [-0.3, -0.25) is 4.79 Å². The standard InChI is InChI=1S/C19H16Cl2N2O2S/c20-13-7-9-14(10-8-13)25-11-3-6-18(24)23-19-22-17(12-26-19)15-4-1-2-5-16(15)21/h1-2,4-5,7-10,12H,3,6,11H2,(H,22,23,24). The van der Waals surface area contributed by atoms with Crippen LogP contribution >= 0.6 is 34.5 Å². The van der Waals surface area contributed by atoms with E-state index in [4.69, 9.17) is 27.9 Å². The summed E-state index contributed by atoms with van der Waals surface area (Å²) in [6.07, 6.45) is 0.964. The number of aromatic nitrogens is 1. The third-order valence-corrected chi connectivity index (χ3v) is 4.87. The van der Waals surface area contributed by atoms with Crippen molar-refractivity contribution in [1.29, 1.82) is 0 Å². The monoisotopic (exact) mass is 406 g/mol. The quantitative estimate of drug-likeness (QED) is 0.495. The summed E-state index contributed by atoms with van der Waals surface area (Å²) in [5.41, 5.74) is 1.60. The molecule has 1 amide bonds. The predicted octanol–water partition coefficient (Wildman–Crippen LogP) is 5.91. The second-order valence-corrected chi connectivity index (χ2v) is 7.17. The highest BCUT2D eigenvalue weighted by molar-refractivity contribution is 7.14. The minimum absolute atomic E-state index is 0.0928. The van der Waals surface area contributed by atoms with Gasteiger partial charge in [-0.1, -0.05) is 41.4 Å². The Morgan fingerprint density at radius 2 is 1.88 bits per heavy atom. The number of rotatable bonds is 7. The molecule has 26 heavy (non-hydrogen) atoms. The Balaban J connectivity index is 1.45. The van der Waals surface area contributed by atoms with Crippen LogP contribution in [0.5, 0.6) is 5.75 Å². The summed E-state index contributed by atoms with van der Waals surface area (Å²) in [6, 6.07) is 14.6. The minimum atomic E-state index is -0.0928. The van der Waals surface area contributed by atoms with Gasteiger partial charge >= 0.3 is 0 Å². The lowest BCUT2D eigenvalue weighted by Crippen LogP contribution is -2.12. The fourth-order valence-electron chi connectivity index (χ4n) is 2.26. The Hall–Kier alpha value is -2.08. The molecule has 0 spiro atoms. The number of anilines is 1. The molecule has 1 aromatic heterocycles. The van der Waals surface area contributed by atoms with Crippen LogP contribution in [-0.4, -0.2) is 17.5 Å². The summed E-state index contributed by atoms with van der Waals surface area (Å²) in [5.74, 6) is 0.642. The molecule has 134 valence electrons. The maximum Gasteiger partial charge on any atom is 0.226 e. The van der Waals surface area contributed by atoms with Crippen molar-refractivity contribution in [2.75, 3.05) is 11.9 Å². The first-order valence-corrected chi connectivity index (χ1v) is 9.64. The molecule has 0 aliphatic heterocycles. The molecule has 2 aromatic carbocycles. The highest BCUT2D eigenvalue weighted by Gasteiger charge is 2.10. The maximum absolute atomic E-state index is 12.0.